The van der Waals surface area contributed by atoms with Gasteiger partial charge in [-0.1, -0.05) is 91.0 Å². The van der Waals surface area contributed by atoms with Crippen molar-refractivity contribution in [1.29, 1.82) is 0 Å². The quantitative estimate of drug-likeness (QED) is 0.655. The smallest absolute Gasteiger partial charge is 0.0737 e. The van der Waals surface area contributed by atoms with Gasteiger partial charge in [-0.05, 0) is 23.2 Å². The number of hydrogen-bond donors (Lipinski definition) is 0. The van der Waals surface area contributed by atoms with E-state index in [4.69, 9.17) is 4.74 Å². The summed E-state index contributed by atoms with van der Waals surface area (Å²) >= 11 is 0. The summed E-state index contributed by atoms with van der Waals surface area (Å²) in [6.45, 7) is 0. The van der Waals surface area contributed by atoms with E-state index in [1.54, 1.807) is 7.11 Å². The van der Waals surface area contributed by atoms with Crippen molar-refractivity contribution >= 4 is 23.2 Å². The first-order valence-electron chi connectivity index (χ1n) is 7.42. The number of methoxy groups -OCH3 is 1. The summed E-state index contributed by atoms with van der Waals surface area (Å²) in [4.78, 5) is 0. The van der Waals surface area contributed by atoms with Crippen LogP contribution in [0.3, 0.4) is 0 Å². The van der Waals surface area contributed by atoms with E-state index in [0.717, 1.165) is 0 Å². The molecule has 0 heterocycles. The molecule has 3 aromatic carbocycles. The molecule has 22 heavy (non-hydrogen) atoms. The Bertz CT molecular complexity index is 599. The maximum absolute atomic E-state index is 5.72. The van der Waals surface area contributed by atoms with Crippen LogP contribution in [0, 0.1) is 0 Å². The molecule has 1 nitrogen and oxygen atoms in total. The predicted molar refractivity (Wildman–Crippen MR) is 97.0 cm³/mol. The Morgan fingerprint density at radius 2 is 0.909 bits per heavy atom. The van der Waals surface area contributed by atoms with E-state index < -0.39 is 7.26 Å². The Morgan fingerprint density at radius 3 is 1.18 bits per heavy atom. The highest BCUT2D eigenvalue weighted by atomic mass is 31.2. The average Bonchev–Trinajstić information content (AvgIpc) is 2.62. The molecular weight excluding hydrogens is 287 g/mol. The van der Waals surface area contributed by atoms with E-state index >= 15 is 0 Å². The van der Waals surface area contributed by atoms with Crippen LogP contribution in [0.1, 0.15) is 0 Å². The van der Waals surface area contributed by atoms with E-state index in [1.807, 2.05) is 0 Å². The highest BCUT2D eigenvalue weighted by molar-refractivity contribution is 7.95. The van der Waals surface area contributed by atoms with Crippen LogP contribution in [0.25, 0.3) is 0 Å². The van der Waals surface area contributed by atoms with Gasteiger partial charge in [0.25, 0.3) is 0 Å². The van der Waals surface area contributed by atoms with Crippen molar-refractivity contribution in [3.63, 3.8) is 0 Å². The molecule has 111 valence electrons. The maximum atomic E-state index is 5.72. The summed E-state index contributed by atoms with van der Waals surface area (Å²) in [6.07, 6.45) is 0.713. The van der Waals surface area contributed by atoms with Crippen molar-refractivity contribution < 1.29 is 4.74 Å². The van der Waals surface area contributed by atoms with Crippen molar-refractivity contribution in [1.82, 2.24) is 0 Å². The summed E-state index contributed by atoms with van der Waals surface area (Å²) < 4.78 is 5.72. The summed E-state index contributed by atoms with van der Waals surface area (Å²) in [5, 5.41) is 4.07. The third-order valence-electron chi connectivity index (χ3n) is 3.91. The lowest BCUT2D eigenvalue weighted by Gasteiger charge is -2.37. The molecule has 0 unspecified atom stereocenters. The number of benzene rings is 3. The second-order valence-electron chi connectivity index (χ2n) is 5.23. The molecule has 0 fully saturated rings. The SMILES string of the molecule is COC[P](c1ccccc1)(c1ccccc1)c1ccccc1. The van der Waals surface area contributed by atoms with Crippen LogP contribution >= 0.6 is 7.26 Å². The molecule has 3 aromatic rings. The fourth-order valence-corrected chi connectivity index (χ4v) is 6.68. The van der Waals surface area contributed by atoms with Crippen molar-refractivity contribution in [3.8, 4) is 0 Å². The van der Waals surface area contributed by atoms with E-state index in [9.17, 15) is 0 Å². The molecule has 1 radical (unpaired) electrons. The van der Waals surface area contributed by atoms with Crippen molar-refractivity contribution in [2.24, 2.45) is 0 Å². The molecule has 3 rings (SSSR count). The van der Waals surface area contributed by atoms with E-state index in [1.165, 1.54) is 15.9 Å². The van der Waals surface area contributed by atoms with Gasteiger partial charge in [-0.2, -0.15) is 0 Å². The van der Waals surface area contributed by atoms with Crippen molar-refractivity contribution in [2.75, 3.05) is 13.5 Å². The second-order valence-corrected chi connectivity index (χ2v) is 8.66. The molecular formula is C20H20OP. The molecule has 0 bridgehead atoms. The lowest BCUT2D eigenvalue weighted by Crippen LogP contribution is -2.33. The van der Waals surface area contributed by atoms with Gasteiger partial charge in [0.15, 0.2) is 0 Å². The molecule has 0 aliphatic heterocycles. The number of rotatable bonds is 5. The normalized spacial score (nSPS) is 11.3. The minimum Gasteiger partial charge on any atom is -0.380 e. The molecule has 0 atom stereocenters. The first-order chi connectivity index (χ1) is 10.9. The molecule has 0 spiro atoms. The van der Waals surface area contributed by atoms with Gasteiger partial charge < -0.3 is 4.74 Å². The van der Waals surface area contributed by atoms with Crippen LogP contribution in [0.15, 0.2) is 91.0 Å². The number of ether oxygens (including phenoxy) is 1. The summed E-state index contributed by atoms with van der Waals surface area (Å²) in [5.74, 6) is 0. The summed E-state index contributed by atoms with van der Waals surface area (Å²) in [6, 6.07) is 32.3. The molecule has 0 amide bonds. The Hall–Kier alpha value is -1.95. The van der Waals surface area contributed by atoms with Crippen LogP contribution in [-0.2, 0) is 4.74 Å². The van der Waals surface area contributed by atoms with Crippen LogP contribution in [0.5, 0.6) is 0 Å². The average molecular weight is 307 g/mol. The van der Waals surface area contributed by atoms with E-state index in [0.29, 0.717) is 6.35 Å². The Kier molecular flexibility index (Phi) is 4.68. The van der Waals surface area contributed by atoms with Crippen LogP contribution in [0.2, 0.25) is 0 Å². The van der Waals surface area contributed by atoms with Crippen molar-refractivity contribution in [2.45, 2.75) is 0 Å². The third-order valence-corrected chi connectivity index (χ3v) is 8.10. The van der Waals surface area contributed by atoms with Crippen LogP contribution < -0.4 is 15.9 Å². The molecule has 0 saturated carbocycles. The fraction of sp³-hybridized carbons (Fsp3) is 0.100. The van der Waals surface area contributed by atoms with Gasteiger partial charge in [0, 0.05) is 7.11 Å². The lowest BCUT2D eigenvalue weighted by molar-refractivity contribution is 0.255. The monoisotopic (exact) mass is 307 g/mol. The Balaban J connectivity index is 2.29. The molecule has 0 aliphatic carbocycles. The van der Waals surface area contributed by atoms with Crippen LogP contribution in [-0.4, -0.2) is 13.5 Å². The lowest BCUT2D eigenvalue weighted by atomic mass is 10.4. The van der Waals surface area contributed by atoms with Gasteiger partial charge in [0.05, 0.1) is 6.35 Å². The number of hydrogen-bond acceptors (Lipinski definition) is 1. The second kappa shape index (κ2) is 6.87. The van der Waals surface area contributed by atoms with Gasteiger partial charge in [-0.15, -0.1) is 0 Å². The van der Waals surface area contributed by atoms with Gasteiger partial charge in [0.1, 0.15) is 0 Å². The van der Waals surface area contributed by atoms with Gasteiger partial charge in [-0.25, -0.2) is 0 Å². The van der Waals surface area contributed by atoms with E-state index in [2.05, 4.69) is 91.0 Å². The Labute approximate surface area is 132 Å². The largest absolute Gasteiger partial charge is 0.380 e. The topological polar surface area (TPSA) is 9.23 Å². The minimum absolute atomic E-state index is 0.713. The Morgan fingerprint density at radius 1 is 0.591 bits per heavy atom. The molecule has 0 aliphatic rings. The summed E-state index contributed by atoms with van der Waals surface area (Å²) in [5.41, 5.74) is 0. The molecule has 0 saturated heterocycles. The zero-order chi connectivity index (χ0) is 15.3. The molecule has 0 N–H and O–H groups in total. The molecule has 0 aromatic heterocycles. The third kappa shape index (κ3) is 2.70. The minimum atomic E-state index is -1.78. The first kappa shape index (κ1) is 15.0. The van der Waals surface area contributed by atoms with Gasteiger partial charge >= 0.3 is 0 Å². The van der Waals surface area contributed by atoms with Crippen molar-refractivity contribution in [3.05, 3.63) is 91.0 Å². The highest BCUT2D eigenvalue weighted by Crippen LogP contribution is 2.54. The van der Waals surface area contributed by atoms with Gasteiger partial charge in [-0.3, -0.25) is 0 Å². The first-order valence-corrected chi connectivity index (χ1v) is 9.39. The van der Waals surface area contributed by atoms with Crippen LogP contribution in [0.4, 0.5) is 0 Å². The zero-order valence-electron chi connectivity index (χ0n) is 12.7. The molecule has 2 heteroatoms. The zero-order valence-corrected chi connectivity index (χ0v) is 13.6. The van der Waals surface area contributed by atoms with E-state index in [-0.39, 0.29) is 0 Å². The highest BCUT2D eigenvalue weighted by Gasteiger charge is 2.33. The fourth-order valence-electron chi connectivity index (χ4n) is 2.91. The summed E-state index contributed by atoms with van der Waals surface area (Å²) in [7, 11) is 0.0197. The van der Waals surface area contributed by atoms with Gasteiger partial charge in [0.2, 0.25) is 0 Å². The standard InChI is InChI=1S/C20H20OP/c1-21-17-22(18-11-5-2-6-12-18,19-13-7-3-8-14-19)20-15-9-4-10-16-20/h2-16H,17H2,1H3. The predicted octanol–water partition coefficient (Wildman–Crippen LogP) is 3.58. The maximum Gasteiger partial charge on any atom is 0.0737 e.